The monoisotopic (exact) mass is 213 g/mol. The fraction of sp³-hybridized carbons (Fsp3) is 0.222. The predicted octanol–water partition coefficient (Wildman–Crippen LogP) is 2.24. The Morgan fingerprint density at radius 2 is 2.29 bits per heavy atom. The lowest BCUT2D eigenvalue weighted by Crippen LogP contribution is -2.04. The zero-order valence-corrected chi connectivity index (χ0v) is 8.13. The van der Waals surface area contributed by atoms with Crippen LogP contribution in [0.3, 0.4) is 0 Å². The molecule has 0 aliphatic carbocycles. The molecule has 14 heavy (non-hydrogen) atoms. The zero-order chi connectivity index (χ0) is 10.1. The van der Waals surface area contributed by atoms with Crippen LogP contribution in [0.15, 0.2) is 18.2 Å². The summed E-state index contributed by atoms with van der Waals surface area (Å²) in [5.74, 6) is 0.319. The Bertz CT molecular complexity index is 466. The third kappa shape index (κ3) is 1.42. The van der Waals surface area contributed by atoms with Gasteiger partial charge in [0.2, 0.25) is 5.95 Å². The van der Waals surface area contributed by atoms with E-state index in [2.05, 4.69) is 4.98 Å². The SMILES string of the molecule is Nc1nc2cc(Cl)ccc2n1CCF. The number of aromatic nitrogens is 2. The largest absolute Gasteiger partial charge is 0.369 e. The van der Waals surface area contributed by atoms with E-state index in [1.54, 1.807) is 22.8 Å². The second-order valence-electron chi connectivity index (χ2n) is 2.94. The van der Waals surface area contributed by atoms with Crippen LogP contribution in [-0.2, 0) is 6.54 Å². The van der Waals surface area contributed by atoms with Crippen LogP contribution in [0.2, 0.25) is 5.02 Å². The minimum absolute atomic E-state index is 0.226. The number of aryl methyl sites for hydroxylation is 1. The van der Waals surface area contributed by atoms with Gasteiger partial charge < -0.3 is 10.3 Å². The minimum Gasteiger partial charge on any atom is -0.369 e. The maximum atomic E-state index is 12.2. The lowest BCUT2D eigenvalue weighted by atomic mass is 10.3. The Morgan fingerprint density at radius 1 is 1.50 bits per heavy atom. The smallest absolute Gasteiger partial charge is 0.201 e. The summed E-state index contributed by atoms with van der Waals surface area (Å²) in [4.78, 5) is 4.08. The van der Waals surface area contributed by atoms with E-state index >= 15 is 0 Å². The van der Waals surface area contributed by atoms with Crippen LogP contribution in [-0.4, -0.2) is 16.2 Å². The molecule has 2 rings (SSSR count). The number of benzene rings is 1. The fourth-order valence-electron chi connectivity index (χ4n) is 1.44. The molecule has 3 nitrogen and oxygen atoms in total. The van der Waals surface area contributed by atoms with Crippen LogP contribution in [0.5, 0.6) is 0 Å². The van der Waals surface area contributed by atoms with Crippen LogP contribution in [0.1, 0.15) is 0 Å². The highest BCUT2D eigenvalue weighted by molar-refractivity contribution is 6.31. The summed E-state index contributed by atoms with van der Waals surface area (Å²) in [6.07, 6.45) is 0. The maximum absolute atomic E-state index is 12.2. The van der Waals surface area contributed by atoms with Crippen molar-refractivity contribution in [3.8, 4) is 0 Å². The van der Waals surface area contributed by atoms with Gasteiger partial charge in [-0.05, 0) is 18.2 Å². The van der Waals surface area contributed by atoms with Crippen LogP contribution in [0.25, 0.3) is 11.0 Å². The summed E-state index contributed by atoms with van der Waals surface area (Å²) in [5.41, 5.74) is 7.14. The van der Waals surface area contributed by atoms with E-state index in [1.165, 1.54) is 0 Å². The quantitative estimate of drug-likeness (QED) is 0.832. The van der Waals surface area contributed by atoms with Crippen LogP contribution < -0.4 is 5.73 Å². The molecule has 0 bridgehead atoms. The van der Waals surface area contributed by atoms with Gasteiger partial charge in [-0.3, -0.25) is 0 Å². The van der Waals surface area contributed by atoms with Gasteiger partial charge in [-0.15, -0.1) is 0 Å². The number of hydrogen-bond donors (Lipinski definition) is 1. The van der Waals surface area contributed by atoms with Crippen LogP contribution in [0, 0.1) is 0 Å². The molecule has 0 fully saturated rings. The van der Waals surface area contributed by atoms with Gasteiger partial charge in [0.05, 0.1) is 17.6 Å². The Morgan fingerprint density at radius 3 is 3.00 bits per heavy atom. The molecule has 0 amide bonds. The van der Waals surface area contributed by atoms with Crippen molar-refractivity contribution in [1.82, 2.24) is 9.55 Å². The topological polar surface area (TPSA) is 43.8 Å². The highest BCUT2D eigenvalue weighted by Gasteiger charge is 2.07. The molecule has 74 valence electrons. The first kappa shape index (κ1) is 9.27. The van der Waals surface area contributed by atoms with Crippen molar-refractivity contribution in [3.05, 3.63) is 23.2 Å². The van der Waals surface area contributed by atoms with E-state index < -0.39 is 6.67 Å². The zero-order valence-electron chi connectivity index (χ0n) is 7.37. The molecule has 2 aromatic rings. The van der Waals surface area contributed by atoms with E-state index in [0.717, 1.165) is 5.52 Å². The van der Waals surface area contributed by atoms with Crippen molar-refractivity contribution in [2.75, 3.05) is 12.4 Å². The molecule has 5 heteroatoms. The molecule has 0 saturated carbocycles. The third-order valence-corrected chi connectivity index (χ3v) is 2.28. The molecule has 0 atom stereocenters. The lowest BCUT2D eigenvalue weighted by molar-refractivity contribution is 0.452. The number of fused-ring (bicyclic) bond motifs is 1. The van der Waals surface area contributed by atoms with Crippen molar-refractivity contribution in [2.24, 2.45) is 0 Å². The van der Waals surface area contributed by atoms with Gasteiger partial charge in [-0.25, -0.2) is 9.37 Å². The average Bonchev–Trinajstić information content (AvgIpc) is 2.43. The van der Waals surface area contributed by atoms with Gasteiger partial charge in [0.25, 0.3) is 0 Å². The first-order valence-electron chi connectivity index (χ1n) is 4.19. The second-order valence-corrected chi connectivity index (χ2v) is 3.38. The van der Waals surface area contributed by atoms with Gasteiger partial charge >= 0.3 is 0 Å². The first-order chi connectivity index (χ1) is 6.72. The number of alkyl halides is 1. The first-order valence-corrected chi connectivity index (χ1v) is 4.57. The van der Waals surface area contributed by atoms with Crippen LogP contribution in [0.4, 0.5) is 10.3 Å². The third-order valence-electron chi connectivity index (χ3n) is 2.05. The van der Waals surface area contributed by atoms with E-state index in [0.29, 0.717) is 16.5 Å². The Kier molecular flexibility index (Phi) is 2.29. The van der Waals surface area contributed by atoms with Crippen molar-refractivity contribution in [3.63, 3.8) is 0 Å². The minimum atomic E-state index is -0.460. The van der Waals surface area contributed by atoms with E-state index in [9.17, 15) is 4.39 Å². The van der Waals surface area contributed by atoms with Crippen molar-refractivity contribution >= 4 is 28.6 Å². The Hall–Kier alpha value is -1.29. The number of imidazole rings is 1. The van der Waals surface area contributed by atoms with E-state index in [1.807, 2.05) is 0 Å². The summed E-state index contributed by atoms with van der Waals surface area (Å²) in [7, 11) is 0. The molecule has 0 aliphatic rings. The molecular formula is C9H9ClFN3. The van der Waals surface area contributed by atoms with Crippen LogP contribution >= 0.6 is 11.6 Å². The summed E-state index contributed by atoms with van der Waals surface area (Å²) < 4.78 is 13.8. The fourth-order valence-corrected chi connectivity index (χ4v) is 1.61. The Labute approximate surface area is 85.3 Å². The second kappa shape index (κ2) is 3.46. The highest BCUT2D eigenvalue weighted by atomic mass is 35.5. The molecule has 0 unspecified atom stereocenters. The number of hydrogen-bond acceptors (Lipinski definition) is 2. The normalized spacial score (nSPS) is 11.0. The summed E-state index contributed by atoms with van der Waals surface area (Å²) in [6, 6.07) is 5.23. The summed E-state index contributed by atoms with van der Waals surface area (Å²) in [5, 5.41) is 0.599. The molecule has 0 aliphatic heterocycles. The van der Waals surface area contributed by atoms with Crippen molar-refractivity contribution in [1.29, 1.82) is 0 Å². The molecule has 0 spiro atoms. The number of nitrogens with two attached hydrogens (primary N) is 1. The predicted molar refractivity (Wildman–Crippen MR) is 55.1 cm³/mol. The molecule has 1 aromatic carbocycles. The molecule has 0 saturated heterocycles. The van der Waals surface area contributed by atoms with Gasteiger partial charge in [0, 0.05) is 5.02 Å². The van der Waals surface area contributed by atoms with E-state index in [4.69, 9.17) is 17.3 Å². The highest BCUT2D eigenvalue weighted by Crippen LogP contribution is 2.21. The summed E-state index contributed by atoms with van der Waals surface area (Å²) >= 11 is 5.79. The molecule has 0 radical (unpaired) electrons. The number of nitrogen functional groups attached to an aromatic ring is 1. The number of anilines is 1. The van der Waals surface area contributed by atoms with Gasteiger partial charge in [0.1, 0.15) is 6.67 Å². The number of halogens is 2. The number of rotatable bonds is 2. The molecular weight excluding hydrogens is 205 g/mol. The van der Waals surface area contributed by atoms with E-state index in [-0.39, 0.29) is 6.54 Å². The summed E-state index contributed by atoms with van der Waals surface area (Å²) in [6.45, 7) is -0.234. The molecule has 1 aromatic heterocycles. The maximum Gasteiger partial charge on any atom is 0.201 e. The Balaban J connectivity index is 2.64. The lowest BCUT2D eigenvalue weighted by Gasteiger charge is -2.01. The molecule has 1 heterocycles. The van der Waals surface area contributed by atoms with Crippen molar-refractivity contribution in [2.45, 2.75) is 6.54 Å². The van der Waals surface area contributed by atoms with Gasteiger partial charge in [-0.1, -0.05) is 11.6 Å². The van der Waals surface area contributed by atoms with Gasteiger partial charge in [-0.2, -0.15) is 0 Å². The number of nitrogens with zero attached hydrogens (tertiary/aromatic N) is 2. The molecule has 2 N–H and O–H groups in total. The average molecular weight is 214 g/mol. The standard InChI is InChI=1S/C9H9ClFN3/c10-6-1-2-8-7(5-6)13-9(12)14(8)4-3-11/h1-2,5H,3-4H2,(H2,12,13). The van der Waals surface area contributed by atoms with Crippen molar-refractivity contribution < 1.29 is 4.39 Å². The van der Waals surface area contributed by atoms with Gasteiger partial charge in [0.15, 0.2) is 0 Å².